The molecule has 76 valence electrons. The van der Waals surface area contributed by atoms with Crippen molar-refractivity contribution in [2.75, 3.05) is 20.3 Å². The van der Waals surface area contributed by atoms with E-state index in [1.54, 1.807) is 0 Å². The molecule has 1 aliphatic rings. The zero-order chi connectivity index (χ0) is 10.7. The van der Waals surface area contributed by atoms with Crippen LogP contribution in [0, 0.1) is 0 Å². The van der Waals surface area contributed by atoms with E-state index in [9.17, 15) is 4.79 Å². The lowest BCUT2D eigenvalue weighted by Gasteiger charge is -1.79. The van der Waals surface area contributed by atoms with Crippen LogP contribution in [0.4, 0.5) is 9.59 Å². The van der Waals surface area contributed by atoms with Crippen molar-refractivity contribution in [1.82, 2.24) is 0 Å². The molecule has 0 unspecified atom stereocenters. The van der Waals surface area contributed by atoms with Gasteiger partial charge in [-0.1, -0.05) is 0 Å². The molecular formula is C7H12O6. The minimum Gasteiger partial charge on any atom is -0.450 e. The largest absolute Gasteiger partial charge is 0.508 e. The van der Waals surface area contributed by atoms with Crippen molar-refractivity contribution < 1.29 is 28.9 Å². The average molecular weight is 192 g/mol. The Bertz CT molecular complexity index is 147. The highest BCUT2D eigenvalue weighted by molar-refractivity contribution is 5.61. The van der Waals surface area contributed by atoms with Gasteiger partial charge in [0.1, 0.15) is 13.2 Å². The summed E-state index contributed by atoms with van der Waals surface area (Å²) in [6.07, 6.45) is -1.79. The molecule has 1 saturated heterocycles. The number of carbonyl (C=O) groups excluding carboxylic acids is 1. The number of ether oxygens (including phenoxy) is 3. The van der Waals surface area contributed by atoms with E-state index < -0.39 is 12.3 Å². The monoisotopic (exact) mass is 192 g/mol. The summed E-state index contributed by atoms with van der Waals surface area (Å²) in [6, 6.07) is 0. The number of carbonyl (C=O) groups is 2. The SMILES string of the molecule is C=C.COC(=O)O.O=C1OCCO1. The lowest BCUT2D eigenvalue weighted by molar-refractivity contribution is 0.113. The molecule has 0 aliphatic carbocycles. The van der Waals surface area contributed by atoms with Crippen molar-refractivity contribution in [1.29, 1.82) is 0 Å². The normalized spacial score (nSPS) is 11.9. The molecule has 0 radical (unpaired) electrons. The predicted molar refractivity (Wildman–Crippen MR) is 43.6 cm³/mol. The minimum absolute atomic E-state index is 0.416. The molecule has 13 heavy (non-hydrogen) atoms. The molecule has 1 rings (SSSR count). The molecule has 0 aromatic heterocycles. The Morgan fingerprint density at radius 1 is 1.46 bits per heavy atom. The summed E-state index contributed by atoms with van der Waals surface area (Å²) in [4.78, 5) is 18.9. The van der Waals surface area contributed by atoms with Gasteiger partial charge in [0.2, 0.25) is 0 Å². The molecule has 0 aromatic carbocycles. The van der Waals surface area contributed by atoms with Crippen molar-refractivity contribution >= 4 is 12.3 Å². The lowest BCUT2D eigenvalue weighted by Crippen LogP contribution is -1.91. The zero-order valence-electron chi connectivity index (χ0n) is 7.32. The molecule has 0 aromatic rings. The van der Waals surface area contributed by atoms with Gasteiger partial charge in [-0.2, -0.15) is 0 Å². The predicted octanol–water partition coefficient (Wildman–Crippen LogP) is 1.27. The van der Waals surface area contributed by atoms with E-state index in [0.717, 1.165) is 7.11 Å². The molecular weight excluding hydrogens is 180 g/mol. The number of rotatable bonds is 0. The maximum absolute atomic E-state index is 9.80. The maximum Gasteiger partial charge on any atom is 0.508 e. The van der Waals surface area contributed by atoms with Crippen LogP contribution in [0.1, 0.15) is 0 Å². The highest BCUT2D eigenvalue weighted by atomic mass is 16.8. The van der Waals surface area contributed by atoms with Crippen LogP contribution in [0.5, 0.6) is 0 Å². The van der Waals surface area contributed by atoms with Gasteiger partial charge in [0, 0.05) is 0 Å². The molecule has 1 aliphatic heterocycles. The fraction of sp³-hybridized carbons (Fsp3) is 0.429. The highest BCUT2D eigenvalue weighted by Crippen LogP contribution is 1.92. The van der Waals surface area contributed by atoms with E-state index >= 15 is 0 Å². The first-order valence-electron chi connectivity index (χ1n) is 3.23. The van der Waals surface area contributed by atoms with Crippen LogP contribution in [0.3, 0.4) is 0 Å². The Labute approximate surface area is 75.7 Å². The second-order valence-electron chi connectivity index (χ2n) is 1.42. The van der Waals surface area contributed by atoms with Gasteiger partial charge in [-0.25, -0.2) is 9.59 Å². The van der Waals surface area contributed by atoms with E-state index in [1.165, 1.54) is 0 Å². The van der Waals surface area contributed by atoms with E-state index in [1.807, 2.05) is 0 Å². The summed E-state index contributed by atoms with van der Waals surface area (Å²) in [5.41, 5.74) is 0. The standard InChI is InChI=1S/C3H4O3.C2H4O3.C2H4/c4-3-5-1-2-6-3;1-5-2(3)4;1-2/h1-2H2;1H3,(H,3,4);1-2H2. The fourth-order valence-corrected chi connectivity index (χ4v) is 0.292. The smallest absolute Gasteiger partial charge is 0.450 e. The Hall–Kier alpha value is -1.72. The van der Waals surface area contributed by atoms with Gasteiger partial charge in [-0.05, 0) is 0 Å². The molecule has 6 heteroatoms. The van der Waals surface area contributed by atoms with Gasteiger partial charge < -0.3 is 19.3 Å². The molecule has 0 amide bonds. The summed E-state index contributed by atoms with van der Waals surface area (Å²) >= 11 is 0. The van der Waals surface area contributed by atoms with Crippen LogP contribution in [0.2, 0.25) is 0 Å². The number of hydrogen-bond acceptors (Lipinski definition) is 5. The second kappa shape index (κ2) is 10.3. The van der Waals surface area contributed by atoms with Crippen LogP contribution >= 0.6 is 0 Å². The van der Waals surface area contributed by atoms with Gasteiger partial charge in [0.05, 0.1) is 7.11 Å². The first-order chi connectivity index (χ1) is 6.16. The quantitative estimate of drug-likeness (QED) is 0.459. The van der Waals surface area contributed by atoms with Crippen molar-refractivity contribution in [2.45, 2.75) is 0 Å². The number of cyclic esters (lactones) is 2. The van der Waals surface area contributed by atoms with Gasteiger partial charge in [-0.15, -0.1) is 13.2 Å². The van der Waals surface area contributed by atoms with E-state index in [2.05, 4.69) is 27.4 Å². The molecule has 0 spiro atoms. The first kappa shape index (κ1) is 13.8. The molecule has 1 N–H and O–H groups in total. The van der Waals surface area contributed by atoms with E-state index in [0.29, 0.717) is 13.2 Å². The van der Waals surface area contributed by atoms with Gasteiger partial charge in [0.15, 0.2) is 0 Å². The van der Waals surface area contributed by atoms with Crippen LogP contribution in [-0.2, 0) is 14.2 Å². The Morgan fingerprint density at radius 3 is 1.85 bits per heavy atom. The van der Waals surface area contributed by atoms with Crippen molar-refractivity contribution in [3.8, 4) is 0 Å². The van der Waals surface area contributed by atoms with Crippen LogP contribution in [-0.4, -0.2) is 37.7 Å². The highest BCUT2D eigenvalue weighted by Gasteiger charge is 2.09. The fourth-order valence-electron chi connectivity index (χ4n) is 0.292. The average Bonchev–Trinajstić information content (AvgIpc) is 2.60. The summed E-state index contributed by atoms with van der Waals surface area (Å²) in [7, 11) is 1.10. The van der Waals surface area contributed by atoms with Crippen LogP contribution in [0.25, 0.3) is 0 Å². The van der Waals surface area contributed by atoms with Crippen molar-refractivity contribution in [3.63, 3.8) is 0 Å². The molecule has 0 atom stereocenters. The van der Waals surface area contributed by atoms with Crippen LogP contribution < -0.4 is 0 Å². The van der Waals surface area contributed by atoms with E-state index in [4.69, 9.17) is 9.90 Å². The van der Waals surface area contributed by atoms with Crippen LogP contribution in [0.15, 0.2) is 13.2 Å². The Balaban J connectivity index is 0. The Kier molecular flexibility index (Phi) is 10.9. The molecule has 0 saturated carbocycles. The third-order valence-corrected chi connectivity index (χ3v) is 0.698. The number of methoxy groups -OCH3 is 1. The molecule has 1 heterocycles. The van der Waals surface area contributed by atoms with Crippen molar-refractivity contribution in [2.24, 2.45) is 0 Å². The van der Waals surface area contributed by atoms with Crippen molar-refractivity contribution in [3.05, 3.63) is 13.2 Å². The van der Waals surface area contributed by atoms with Gasteiger partial charge >= 0.3 is 12.3 Å². The Morgan fingerprint density at radius 2 is 1.77 bits per heavy atom. The summed E-state index contributed by atoms with van der Waals surface area (Å²) in [5, 5.41) is 7.50. The third-order valence-electron chi connectivity index (χ3n) is 0.698. The number of carboxylic acid groups (broad SMARTS) is 1. The molecule has 6 nitrogen and oxygen atoms in total. The summed E-state index contributed by atoms with van der Waals surface area (Å²) in [5.74, 6) is 0. The number of hydrogen-bond donors (Lipinski definition) is 1. The minimum atomic E-state index is -1.25. The zero-order valence-corrected chi connectivity index (χ0v) is 7.32. The van der Waals surface area contributed by atoms with Gasteiger partial charge in [0.25, 0.3) is 0 Å². The summed E-state index contributed by atoms with van der Waals surface area (Å²) < 4.78 is 12.2. The second-order valence-corrected chi connectivity index (χ2v) is 1.42. The van der Waals surface area contributed by atoms with Gasteiger partial charge in [-0.3, -0.25) is 0 Å². The third kappa shape index (κ3) is 13.3. The maximum atomic E-state index is 9.80. The van der Waals surface area contributed by atoms with E-state index in [-0.39, 0.29) is 0 Å². The summed E-state index contributed by atoms with van der Waals surface area (Å²) in [6.45, 7) is 6.83. The molecule has 0 bridgehead atoms. The topological polar surface area (TPSA) is 82.1 Å². The molecule has 1 fully saturated rings. The lowest BCUT2D eigenvalue weighted by atomic mass is 10.8. The first-order valence-corrected chi connectivity index (χ1v) is 3.23.